The van der Waals surface area contributed by atoms with E-state index in [1.165, 1.54) is 11.8 Å². The predicted octanol–water partition coefficient (Wildman–Crippen LogP) is 2.52. The first-order chi connectivity index (χ1) is 14.6. The molecular formula is C23H23N3O4. The molecule has 0 saturated heterocycles. The first-order valence-corrected chi connectivity index (χ1v) is 10.1. The van der Waals surface area contributed by atoms with Crippen molar-refractivity contribution in [3.63, 3.8) is 0 Å². The molecule has 0 spiro atoms. The zero-order valence-corrected chi connectivity index (χ0v) is 16.5. The van der Waals surface area contributed by atoms with Gasteiger partial charge in [-0.3, -0.25) is 19.1 Å². The van der Waals surface area contributed by atoms with Gasteiger partial charge >= 0.3 is 5.97 Å². The Labute approximate surface area is 173 Å². The number of nitrogens with zero attached hydrogens (tertiary/aromatic N) is 2. The summed E-state index contributed by atoms with van der Waals surface area (Å²) < 4.78 is 6.73. The van der Waals surface area contributed by atoms with Crippen LogP contribution in [0.25, 0.3) is 10.9 Å². The van der Waals surface area contributed by atoms with Crippen molar-refractivity contribution in [1.29, 1.82) is 0 Å². The van der Waals surface area contributed by atoms with Crippen molar-refractivity contribution in [3.8, 4) is 0 Å². The SMILES string of the molecule is O=C(COC(=O)CCn1ncc(=O)c2ccccc21)NC1CCCc2ccccc21. The molecule has 1 unspecified atom stereocenters. The summed E-state index contributed by atoms with van der Waals surface area (Å²) in [6.45, 7) is -0.0485. The molecule has 0 bridgehead atoms. The van der Waals surface area contributed by atoms with E-state index in [2.05, 4.69) is 16.5 Å². The third kappa shape index (κ3) is 4.40. The molecule has 1 aromatic heterocycles. The normalized spacial score (nSPS) is 15.4. The topological polar surface area (TPSA) is 90.3 Å². The first kappa shape index (κ1) is 19.8. The van der Waals surface area contributed by atoms with Crippen LogP contribution in [-0.2, 0) is 27.3 Å². The Morgan fingerprint density at radius 2 is 1.93 bits per heavy atom. The highest BCUT2D eigenvalue weighted by Crippen LogP contribution is 2.29. The van der Waals surface area contributed by atoms with Crippen molar-refractivity contribution in [2.45, 2.75) is 38.3 Å². The molecule has 1 amide bonds. The Bertz CT molecular complexity index is 1140. The van der Waals surface area contributed by atoms with Crippen molar-refractivity contribution in [3.05, 3.63) is 76.1 Å². The lowest BCUT2D eigenvalue weighted by molar-refractivity contribution is -0.149. The molecule has 7 nitrogen and oxygen atoms in total. The summed E-state index contributed by atoms with van der Waals surface area (Å²) in [4.78, 5) is 36.3. The maximum Gasteiger partial charge on any atom is 0.308 e. The van der Waals surface area contributed by atoms with E-state index in [1.807, 2.05) is 24.3 Å². The third-order valence-electron chi connectivity index (χ3n) is 5.36. The van der Waals surface area contributed by atoms with Crippen LogP contribution >= 0.6 is 0 Å². The molecule has 30 heavy (non-hydrogen) atoms. The van der Waals surface area contributed by atoms with Gasteiger partial charge in [-0.2, -0.15) is 5.10 Å². The zero-order chi connectivity index (χ0) is 20.9. The first-order valence-electron chi connectivity index (χ1n) is 10.1. The summed E-state index contributed by atoms with van der Waals surface area (Å²) >= 11 is 0. The molecule has 1 aliphatic rings. The molecule has 0 aliphatic heterocycles. The minimum atomic E-state index is -0.487. The smallest absolute Gasteiger partial charge is 0.308 e. The Morgan fingerprint density at radius 1 is 1.13 bits per heavy atom. The highest BCUT2D eigenvalue weighted by molar-refractivity contribution is 5.81. The third-order valence-corrected chi connectivity index (χ3v) is 5.36. The Morgan fingerprint density at radius 3 is 2.83 bits per heavy atom. The van der Waals surface area contributed by atoms with E-state index in [1.54, 1.807) is 22.9 Å². The average molecular weight is 405 g/mol. The molecule has 3 aromatic rings. The summed E-state index contributed by atoms with van der Waals surface area (Å²) in [5, 5.41) is 7.60. The van der Waals surface area contributed by atoms with Gasteiger partial charge in [0, 0.05) is 5.39 Å². The number of aromatic nitrogens is 2. The Hall–Kier alpha value is -3.48. The van der Waals surface area contributed by atoms with Crippen molar-refractivity contribution >= 4 is 22.8 Å². The molecule has 7 heteroatoms. The maximum absolute atomic E-state index is 12.3. The molecule has 0 radical (unpaired) electrons. The molecule has 4 rings (SSSR count). The van der Waals surface area contributed by atoms with Crippen LogP contribution in [0.3, 0.4) is 0 Å². The molecule has 2 aromatic carbocycles. The van der Waals surface area contributed by atoms with E-state index in [4.69, 9.17) is 4.74 Å². The number of aryl methyl sites for hydroxylation is 2. The molecule has 1 N–H and O–H groups in total. The lowest BCUT2D eigenvalue weighted by atomic mass is 9.88. The van der Waals surface area contributed by atoms with Crippen LogP contribution in [-0.4, -0.2) is 28.3 Å². The number of ether oxygens (including phenoxy) is 1. The van der Waals surface area contributed by atoms with Gasteiger partial charge in [-0.05, 0) is 42.5 Å². The van der Waals surface area contributed by atoms with Crippen molar-refractivity contribution < 1.29 is 14.3 Å². The number of esters is 1. The van der Waals surface area contributed by atoms with Crippen molar-refractivity contribution in [2.24, 2.45) is 0 Å². The van der Waals surface area contributed by atoms with Gasteiger partial charge in [-0.1, -0.05) is 36.4 Å². The second-order valence-electron chi connectivity index (χ2n) is 7.37. The lowest BCUT2D eigenvalue weighted by Crippen LogP contribution is -2.34. The summed E-state index contributed by atoms with van der Waals surface area (Å²) in [5.41, 5.74) is 2.89. The fourth-order valence-electron chi connectivity index (χ4n) is 3.89. The highest BCUT2D eigenvalue weighted by atomic mass is 16.5. The van der Waals surface area contributed by atoms with Crippen LogP contribution in [0.2, 0.25) is 0 Å². The quantitative estimate of drug-likeness (QED) is 0.637. The van der Waals surface area contributed by atoms with Gasteiger partial charge in [0.2, 0.25) is 5.43 Å². The molecular weight excluding hydrogens is 382 g/mol. The average Bonchev–Trinajstić information content (AvgIpc) is 2.78. The summed E-state index contributed by atoms with van der Waals surface area (Å²) in [6, 6.07) is 15.2. The maximum atomic E-state index is 12.3. The van der Waals surface area contributed by atoms with Gasteiger partial charge in [0.15, 0.2) is 6.61 Å². The number of hydrogen-bond donors (Lipinski definition) is 1. The van der Waals surface area contributed by atoms with Crippen LogP contribution < -0.4 is 10.7 Å². The van der Waals surface area contributed by atoms with Gasteiger partial charge in [-0.15, -0.1) is 0 Å². The zero-order valence-electron chi connectivity index (χ0n) is 16.5. The number of carbonyl (C=O) groups is 2. The van der Waals surface area contributed by atoms with Crippen LogP contribution in [0.1, 0.15) is 36.4 Å². The van der Waals surface area contributed by atoms with Crippen molar-refractivity contribution in [1.82, 2.24) is 15.1 Å². The number of para-hydroxylation sites is 1. The van der Waals surface area contributed by atoms with E-state index < -0.39 is 5.97 Å². The fourth-order valence-corrected chi connectivity index (χ4v) is 3.89. The second-order valence-corrected chi connectivity index (χ2v) is 7.37. The van der Waals surface area contributed by atoms with Crippen LogP contribution in [0.15, 0.2) is 59.5 Å². The largest absolute Gasteiger partial charge is 0.456 e. The van der Waals surface area contributed by atoms with E-state index in [0.717, 1.165) is 24.8 Å². The van der Waals surface area contributed by atoms with E-state index in [-0.39, 0.29) is 37.0 Å². The fraction of sp³-hybridized carbons (Fsp3) is 0.304. The van der Waals surface area contributed by atoms with Gasteiger partial charge in [0.05, 0.1) is 30.7 Å². The van der Waals surface area contributed by atoms with Gasteiger partial charge in [0.25, 0.3) is 5.91 Å². The molecule has 154 valence electrons. The minimum absolute atomic E-state index is 0.0436. The van der Waals surface area contributed by atoms with E-state index >= 15 is 0 Å². The number of nitrogens with one attached hydrogen (secondary N) is 1. The van der Waals surface area contributed by atoms with E-state index in [0.29, 0.717) is 10.9 Å². The lowest BCUT2D eigenvalue weighted by Gasteiger charge is -2.26. The molecule has 1 aliphatic carbocycles. The van der Waals surface area contributed by atoms with Crippen LogP contribution in [0, 0.1) is 0 Å². The number of hydrogen-bond acceptors (Lipinski definition) is 5. The van der Waals surface area contributed by atoms with Crippen LogP contribution in [0.4, 0.5) is 0 Å². The summed E-state index contributed by atoms with van der Waals surface area (Å²) in [6.07, 6.45) is 4.21. The van der Waals surface area contributed by atoms with E-state index in [9.17, 15) is 14.4 Å². The summed E-state index contributed by atoms with van der Waals surface area (Å²) in [7, 11) is 0. The van der Waals surface area contributed by atoms with Gasteiger partial charge in [0.1, 0.15) is 0 Å². The molecule has 1 atom stereocenters. The monoisotopic (exact) mass is 405 g/mol. The minimum Gasteiger partial charge on any atom is -0.456 e. The molecule has 0 fully saturated rings. The van der Waals surface area contributed by atoms with Gasteiger partial charge < -0.3 is 10.1 Å². The number of carbonyl (C=O) groups excluding carboxylic acids is 2. The number of benzene rings is 2. The Kier molecular flexibility index (Phi) is 5.88. The van der Waals surface area contributed by atoms with Crippen molar-refractivity contribution in [2.75, 3.05) is 6.61 Å². The summed E-state index contributed by atoms with van der Waals surface area (Å²) in [5.74, 6) is -0.796. The number of amides is 1. The van der Waals surface area contributed by atoms with Gasteiger partial charge in [-0.25, -0.2) is 0 Å². The predicted molar refractivity (Wildman–Crippen MR) is 112 cm³/mol. The van der Waals surface area contributed by atoms with Crippen LogP contribution in [0.5, 0.6) is 0 Å². The standard InChI is InChI=1S/C23H23N3O4/c27-21-14-24-26(20-11-4-3-9-18(20)21)13-12-23(29)30-15-22(28)25-19-10-5-7-16-6-1-2-8-17(16)19/h1-4,6,8-9,11,14,19H,5,7,10,12-13,15H2,(H,25,28). The number of fused-ring (bicyclic) bond motifs is 2. The number of rotatable bonds is 6. The molecule has 1 heterocycles. The Balaban J connectivity index is 1.29. The highest BCUT2D eigenvalue weighted by Gasteiger charge is 2.21. The molecule has 0 saturated carbocycles. The second kappa shape index (κ2) is 8.90.